The first-order valence-electron chi connectivity index (χ1n) is 12.0. The smallest absolute Gasteiger partial charge is 0.211 e. The molecule has 0 saturated heterocycles. The van der Waals surface area contributed by atoms with Crippen molar-refractivity contribution in [1.29, 1.82) is 0 Å². The first-order valence-corrected chi connectivity index (χ1v) is 13.3. The van der Waals surface area contributed by atoms with E-state index in [1.165, 1.54) is 5.56 Å². The molecular weight excluding hydrogens is 514 g/mol. The predicted octanol–water partition coefficient (Wildman–Crippen LogP) is 8.40. The molecule has 0 atom stereocenters. The van der Waals surface area contributed by atoms with Crippen LogP contribution in [0.2, 0.25) is 5.02 Å². The van der Waals surface area contributed by atoms with E-state index in [1.54, 1.807) is 30.6 Å². The van der Waals surface area contributed by atoms with Crippen LogP contribution in [0.15, 0.2) is 106 Å². The lowest BCUT2D eigenvalue weighted by Crippen LogP contribution is -2.11. The highest BCUT2D eigenvalue weighted by Gasteiger charge is 2.09. The zero-order valence-electron chi connectivity index (χ0n) is 21.3. The van der Waals surface area contributed by atoms with Gasteiger partial charge in [-0.2, -0.15) is 5.10 Å². The topological polar surface area (TPSA) is 48.1 Å². The van der Waals surface area contributed by atoms with Crippen LogP contribution in [0.4, 0.5) is 5.69 Å². The number of thiazole rings is 1. The van der Waals surface area contributed by atoms with Crippen molar-refractivity contribution in [3.8, 4) is 28.5 Å². The number of benzene rings is 4. The summed E-state index contributed by atoms with van der Waals surface area (Å²) in [6, 6.07) is 29.2. The molecule has 7 heteroatoms. The lowest BCUT2D eigenvalue weighted by atomic mass is 10.1. The third-order valence-electron chi connectivity index (χ3n) is 5.87. The van der Waals surface area contributed by atoms with Crippen molar-refractivity contribution in [3.05, 3.63) is 123 Å². The lowest BCUT2D eigenvalue weighted by Gasteiger charge is -2.07. The standard InChI is InChI=1S/C31H26ClN3O2S/c1-21-7-16-29(22(2)17-21)34-31-35(30(20-38-31)24-8-12-26(36-3)13-9-24)33-19-23-5-4-6-28(18-23)37-27-14-10-25(32)11-15-27/h4-20H,1-3H3/b33-19-,34-31?. The SMILES string of the molecule is COc1ccc(-c2csc(=Nc3ccc(C)cc3C)n2/N=C\c2cccc(Oc3ccc(Cl)cc3)c2)cc1. The first-order chi connectivity index (χ1) is 18.5. The quantitative estimate of drug-likeness (QED) is 0.195. The summed E-state index contributed by atoms with van der Waals surface area (Å²) in [6.45, 7) is 4.16. The summed E-state index contributed by atoms with van der Waals surface area (Å²) in [6.07, 6.45) is 1.81. The Morgan fingerprint density at radius 2 is 1.61 bits per heavy atom. The van der Waals surface area contributed by atoms with E-state index in [1.807, 2.05) is 77.6 Å². The Morgan fingerprint density at radius 3 is 2.34 bits per heavy atom. The molecule has 1 heterocycles. The van der Waals surface area contributed by atoms with Crippen molar-refractivity contribution >= 4 is 34.8 Å². The molecule has 0 unspecified atom stereocenters. The number of aromatic nitrogens is 1. The second-order valence-corrected chi connectivity index (χ2v) is 9.99. The minimum absolute atomic E-state index is 0.667. The van der Waals surface area contributed by atoms with Crippen LogP contribution in [0.3, 0.4) is 0 Å². The van der Waals surface area contributed by atoms with Gasteiger partial charge in [0.2, 0.25) is 4.80 Å². The maximum atomic E-state index is 6.00. The van der Waals surface area contributed by atoms with Gasteiger partial charge in [0.05, 0.1) is 24.7 Å². The van der Waals surface area contributed by atoms with Crippen LogP contribution in [-0.2, 0) is 0 Å². The minimum atomic E-state index is 0.667. The second kappa shape index (κ2) is 11.5. The van der Waals surface area contributed by atoms with Crippen LogP contribution in [0.1, 0.15) is 16.7 Å². The molecule has 0 fully saturated rings. The van der Waals surface area contributed by atoms with Gasteiger partial charge in [0.15, 0.2) is 0 Å². The van der Waals surface area contributed by atoms with E-state index in [9.17, 15) is 0 Å². The fraction of sp³-hybridized carbons (Fsp3) is 0.0968. The van der Waals surface area contributed by atoms with E-state index >= 15 is 0 Å². The normalized spacial score (nSPS) is 11.7. The molecule has 0 aliphatic heterocycles. The molecule has 5 aromatic rings. The van der Waals surface area contributed by atoms with Gasteiger partial charge < -0.3 is 9.47 Å². The van der Waals surface area contributed by atoms with Crippen molar-refractivity contribution in [2.45, 2.75) is 13.8 Å². The van der Waals surface area contributed by atoms with Crippen molar-refractivity contribution in [2.24, 2.45) is 10.1 Å². The molecule has 1 aromatic heterocycles. The monoisotopic (exact) mass is 539 g/mol. The van der Waals surface area contributed by atoms with Crippen molar-refractivity contribution in [1.82, 2.24) is 4.68 Å². The van der Waals surface area contributed by atoms with Gasteiger partial charge in [-0.15, -0.1) is 11.3 Å². The van der Waals surface area contributed by atoms with Crippen molar-refractivity contribution in [2.75, 3.05) is 7.11 Å². The van der Waals surface area contributed by atoms with E-state index in [4.69, 9.17) is 31.2 Å². The van der Waals surface area contributed by atoms with Gasteiger partial charge in [0.1, 0.15) is 17.2 Å². The molecule has 5 nitrogen and oxygen atoms in total. The average molecular weight is 540 g/mol. The maximum absolute atomic E-state index is 6.00. The Morgan fingerprint density at radius 1 is 0.842 bits per heavy atom. The van der Waals surface area contributed by atoms with Gasteiger partial charge >= 0.3 is 0 Å². The summed E-state index contributed by atoms with van der Waals surface area (Å²) < 4.78 is 13.2. The Hall–Kier alpha value is -4.13. The van der Waals surface area contributed by atoms with Gasteiger partial charge in [-0.25, -0.2) is 9.67 Å². The summed E-state index contributed by atoms with van der Waals surface area (Å²) >= 11 is 7.54. The molecule has 0 aliphatic rings. The van der Waals surface area contributed by atoms with E-state index in [-0.39, 0.29) is 0 Å². The molecule has 190 valence electrons. The van der Waals surface area contributed by atoms with Crippen LogP contribution >= 0.6 is 22.9 Å². The molecule has 38 heavy (non-hydrogen) atoms. The first kappa shape index (κ1) is 25.5. The van der Waals surface area contributed by atoms with Crippen molar-refractivity contribution < 1.29 is 9.47 Å². The molecule has 0 N–H and O–H groups in total. The fourth-order valence-electron chi connectivity index (χ4n) is 3.90. The molecule has 0 aliphatic carbocycles. The fourth-order valence-corrected chi connectivity index (χ4v) is 4.88. The molecule has 0 radical (unpaired) electrons. The zero-order valence-corrected chi connectivity index (χ0v) is 22.8. The number of nitrogens with zero attached hydrogens (tertiary/aromatic N) is 3. The number of hydrogen-bond acceptors (Lipinski definition) is 5. The molecule has 5 rings (SSSR count). The minimum Gasteiger partial charge on any atom is -0.497 e. The number of halogens is 1. The van der Waals surface area contributed by atoms with Gasteiger partial charge in [-0.05, 0) is 91.7 Å². The highest BCUT2D eigenvalue weighted by molar-refractivity contribution is 7.07. The van der Waals surface area contributed by atoms with Gasteiger partial charge in [-0.3, -0.25) is 0 Å². The summed E-state index contributed by atoms with van der Waals surface area (Å²) in [5.74, 6) is 2.23. The molecular formula is C31H26ClN3O2S. The third kappa shape index (κ3) is 6.05. The third-order valence-corrected chi connectivity index (χ3v) is 6.94. The van der Waals surface area contributed by atoms with Crippen LogP contribution in [0.5, 0.6) is 17.2 Å². The summed E-state index contributed by atoms with van der Waals surface area (Å²) in [4.78, 5) is 5.73. The molecule has 4 aromatic carbocycles. The number of rotatable bonds is 7. The summed E-state index contributed by atoms with van der Waals surface area (Å²) in [5, 5.41) is 7.60. The van der Waals surface area contributed by atoms with E-state index in [0.29, 0.717) is 16.5 Å². The lowest BCUT2D eigenvalue weighted by molar-refractivity contribution is 0.415. The average Bonchev–Trinajstić information content (AvgIpc) is 3.33. The number of hydrogen-bond donors (Lipinski definition) is 0. The largest absolute Gasteiger partial charge is 0.497 e. The molecule has 0 bridgehead atoms. The Balaban J connectivity index is 1.53. The Bertz CT molecular complexity index is 1650. The van der Waals surface area contributed by atoms with Crippen LogP contribution in [0.25, 0.3) is 11.3 Å². The summed E-state index contributed by atoms with van der Waals surface area (Å²) in [7, 11) is 1.66. The van der Waals surface area contributed by atoms with E-state index in [2.05, 4.69) is 31.4 Å². The number of ether oxygens (including phenoxy) is 2. The highest BCUT2D eigenvalue weighted by atomic mass is 35.5. The van der Waals surface area contributed by atoms with Gasteiger partial charge in [-0.1, -0.05) is 41.4 Å². The molecule has 0 amide bonds. The molecule has 0 saturated carbocycles. The van der Waals surface area contributed by atoms with Crippen LogP contribution < -0.4 is 14.3 Å². The van der Waals surface area contributed by atoms with Crippen LogP contribution in [0, 0.1) is 13.8 Å². The Labute approximate surface area is 230 Å². The number of aryl methyl sites for hydroxylation is 2. The maximum Gasteiger partial charge on any atom is 0.211 e. The van der Waals surface area contributed by atoms with Gasteiger partial charge in [0, 0.05) is 16.0 Å². The van der Waals surface area contributed by atoms with Crippen LogP contribution in [-0.4, -0.2) is 18.0 Å². The van der Waals surface area contributed by atoms with E-state index < -0.39 is 0 Å². The second-order valence-electron chi connectivity index (χ2n) is 8.72. The Kier molecular flexibility index (Phi) is 7.73. The van der Waals surface area contributed by atoms with Gasteiger partial charge in [0.25, 0.3) is 0 Å². The zero-order chi connectivity index (χ0) is 26.5. The summed E-state index contributed by atoms with van der Waals surface area (Å²) in [5.41, 5.74) is 6.09. The predicted molar refractivity (Wildman–Crippen MR) is 156 cm³/mol. The number of methoxy groups -OCH3 is 1. The molecule has 0 spiro atoms. The van der Waals surface area contributed by atoms with E-state index in [0.717, 1.165) is 38.6 Å². The highest BCUT2D eigenvalue weighted by Crippen LogP contribution is 2.26. The van der Waals surface area contributed by atoms with Crippen molar-refractivity contribution in [3.63, 3.8) is 0 Å².